The van der Waals surface area contributed by atoms with E-state index in [0.29, 0.717) is 39.3 Å². The molecule has 1 aliphatic heterocycles. The molecule has 1 rings (SSSR count). The molecule has 9 nitrogen and oxygen atoms in total. The normalized spacial score (nSPS) is 18.8. The van der Waals surface area contributed by atoms with E-state index in [9.17, 15) is 14.4 Å². The van der Waals surface area contributed by atoms with Gasteiger partial charge in [0.15, 0.2) is 0 Å². The van der Waals surface area contributed by atoms with Crippen LogP contribution >= 0.6 is 0 Å². The number of carbonyl (C=O) groups excluding carboxylic acids is 1. The summed E-state index contributed by atoms with van der Waals surface area (Å²) in [6.45, 7) is 8.25. The number of aliphatic carboxylic acids is 2. The molecule has 25 heavy (non-hydrogen) atoms. The van der Waals surface area contributed by atoms with Gasteiger partial charge in [-0.3, -0.25) is 29.1 Å². The van der Waals surface area contributed by atoms with Gasteiger partial charge in [0.05, 0.1) is 19.6 Å². The summed E-state index contributed by atoms with van der Waals surface area (Å²) in [5, 5.41) is 18.0. The van der Waals surface area contributed by atoms with E-state index in [1.807, 2.05) is 4.90 Å². The minimum atomic E-state index is -0.928. The second kappa shape index (κ2) is 9.69. The number of hydrogen-bond donors (Lipinski definition) is 2. The number of esters is 1. The van der Waals surface area contributed by atoms with Crippen molar-refractivity contribution in [2.24, 2.45) is 0 Å². The predicted molar refractivity (Wildman–Crippen MR) is 90.4 cm³/mol. The number of hydrogen-bond acceptors (Lipinski definition) is 7. The molecule has 1 heterocycles. The Bertz CT molecular complexity index is 449. The highest BCUT2D eigenvalue weighted by molar-refractivity contribution is 5.72. The standard InChI is InChI=1S/C16H29N3O6/c1-16(2,3)25-15(24)12-19-8-6-17(10-13(20)21)4-5-18(7-9-19)11-14(22)23/h4-12H2,1-3H3,(H,20,21)(H,22,23). The maximum atomic E-state index is 12.1. The zero-order chi connectivity index (χ0) is 19.0. The Labute approximate surface area is 148 Å². The summed E-state index contributed by atoms with van der Waals surface area (Å²) in [6.07, 6.45) is 0. The van der Waals surface area contributed by atoms with Crippen LogP contribution in [0.25, 0.3) is 0 Å². The van der Waals surface area contributed by atoms with E-state index in [1.165, 1.54) is 0 Å². The fourth-order valence-electron chi connectivity index (χ4n) is 2.60. The first-order valence-electron chi connectivity index (χ1n) is 8.37. The van der Waals surface area contributed by atoms with Crippen molar-refractivity contribution in [3.8, 4) is 0 Å². The number of ether oxygens (including phenoxy) is 1. The Morgan fingerprint density at radius 3 is 1.36 bits per heavy atom. The molecule has 0 aliphatic carbocycles. The van der Waals surface area contributed by atoms with Gasteiger partial charge in [0.25, 0.3) is 0 Å². The maximum absolute atomic E-state index is 12.1. The largest absolute Gasteiger partial charge is 0.480 e. The fourth-order valence-corrected chi connectivity index (χ4v) is 2.60. The molecule has 0 saturated carbocycles. The molecular weight excluding hydrogens is 330 g/mol. The average molecular weight is 359 g/mol. The fraction of sp³-hybridized carbons (Fsp3) is 0.812. The minimum absolute atomic E-state index is 0.0963. The number of carboxylic acid groups (broad SMARTS) is 2. The summed E-state index contributed by atoms with van der Waals surface area (Å²) in [5.74, 6) is -2.20. The molecular formula is C16H29N3O6. The van der Waals surface area contributed by atoms with Crippen molar-refractivity contribution in [2.75, 3.05) is 58.9 Å². The third kappa shape index (κ3) is 10.0. The zero-order valence-electron chi connectivity index (χ0n) is 15.2. The highest BCUT2D eigenvalue weighted by Crippen LogP contribution is 2.08. The second-order valence-corrected chi connectivity index (χ2v) is 7.20. The van der Waals surface area contributed by atoms with Gasteiger partial charge in [0, 0.05) is 39.3 Å². The van der Waals surface area contributed by atoms with Crippen molar-refractivity contribution < 1.29 is 29.3 Å². The van der Waals surface area contributed by atoms with Crippen LogP contribution in [0.3, 0.4) is 0 Å². The summed E-state index contributed by atoms with van der Waals surface area (Å²) >= 11 is 0. The smallest absolute Gasteiger partial charge is 0.320 e. The van der Waals surface area contributed by atoms with Crippen LogP contribution in [0.1, 0.15) is 20.8 Å². The van der Waals surface area contributed by atoms with Gasteiger partial charge in [-0.05, 0) is 20.8 Å². The van der Waals surface area contributed by atoms with Crippen LogP contribution in [0.15, 0.2) is 0 Å². The second-order valence-electron chi connectivity index (χ2n) is 7.20. The minimum Gasteiger partial charge on any atom is -0.480 e. The van der Waals surface area contributed by atoms with Gasteiger partial charge in [-0.15, -0.1) is 0 Å². The molecule has 0 bridgehead atoms. The topological polar surface area (TPSA) is 111 Å². The predicted octanol–water partition coefficient (Wildman–Crippen LogP) is -0.583. The van der Waals surface area contributed by atoms with E-state index >= 15 is 0 Å². The van der Waals surface area contributed by atoms with Crippen LogP contribution in [0.4, 0.5) is 0 Å². The van der Waals surface area contributed by atoms with Crippen LogP contribution in [0, 0.1) is 0 Å². The Hall–Kier alpha value is -1.71. The van der Waals surface area contributed by atoms with E-state index in [2.05, 4.69) is 0 Å². The van der Waals surface area contributed by atoms with Gasteiger partial charge >= 0.3 is 17.9 Å². The van der Waals surface area contributed by atoms with E-state index in [4.69, 9.17) is 14.9 Å². The SMILES string of the molecule is CC(C)(C)OC(=O)CN1CCN(CC(=O)O)CCN(CC(=O)O)CC1. The van der Waals surface area contributed by atoms with Gasteiger partial charge in [0.1, 0.15) is 5.60 Å². The summed E-state index contributed by atoms with van der Waals surface area (Å²) in [5.41, 5.74) is -0.568. The molecule has 0 amide bonds. The number of nitrogens with zero attached hydrogens (tertiary/aromatic N) is 3. The molecule has 1 aliphatic rings. The van der Waals surface area contributed by atoms with Crippen molar-refractivity contribution in [2.45, 2.75) is 26.4 Å². The Kier molecular flexibility index (Phi) is 8.27. The lowest BCUT2D eigenvalue weighted by molar-refractivity contribution is -0.156. The lowest BCUT2D eigenvalue weighted by Crippen LogP contribution is -2.41. The number of carbonyl (C=O) groups is 3. The van der Waals surface area contributed by atoms with Gasteiger partial charge in [-0.2, -0.15) is 0 Å². The Morgan fingerprint density at radius 1 is 0.760 bits per heavy atom. The van der Waals surface area contributed by atoms with E-state index in [0.717, 1.165) is 0 Å². The van der Waals surface area contributed by atoms with Gasteiger partial charge in [0.2, 0.25) is 0 Å². The third-order valence-corrected chi connectivity index (χ3v) is 3.69. The molecule has 1 saturated heterocycles. The zero-order valence-corrected chi connectivity index (χ0v) is 15.2. The molecule has 0 aromatic heterocycles. The first kappa shape index (κ1) is 21.3. The van der Waals surface area contributed by atoms with Crippen LogP contribution in [0.2, 0.25) is 0 Å². The van der Waals surface area contributed by atoms with Crippen LogP contribution in [-0.4, -0.2) is 107 Å². The highest BCUT2D eigenvalue weighted by Gasteiger charge is 2.22. The summed E-state index contributed by atoms with van der Waals surface area (Å²) in [4.78, 5) is 39.4. The van der Waals surface area contributed by atoms with E-state index in [-0.39, 0.29) is 25.6 Å². The van der Waals surface area contributed by atoms with Crippen molar-refractivity contribution in [3.05, 3.63) is 0 Å². The van der Waals surface area contributed by atoms with Crippen molar-refractivity contribution in [1.29, 1.82) is 0 Å². The van der Waals surface area contributed by atoms with E-state index < -0.39 is 17.5 Å². The van der Waals surface area contributed by atoms with Gasteiger partial charge < -0.3 is 14.9 Å². The first-order valence-corrected chi connectivity index (χ1v) is 8.37. The summed E-state index contributed by atoms with van der Waals surface area (Å²) in [6, 6.07) is 0. The molecule has 9 heteroatoms. The summed E-state index contributed by atoms with van der Waals surface area (Å²) < 4.78 is 5.33. The number of rotatable bonds is 6. The molecule has 0 spiro atoms. The lowest BCUT2D eigenvalue weighted by Gasteiger charge is -2.26. The molecule has 0 unspecified atom stereocenters. The molecule has 1 fully saturated rings. The number of carboxylic acids is 2. The molecule has 144 valence electrons. The lowest BCUT2D eigenvalue weighted by atomic mass is 10.2. The molecule has 2 N–H and O–H groups in total. The Balaban J connectivity index is 2.72. The van der Waals surface area contributed by atoms with Crippen molar-refractivity contribution in [1.82, 2.24) is 14.7 Å². The molecule has 0 atom stereocenters. The highest BCUT2D eigenvalue weighted by atomic mass is 16.6. The maximum Gasteiger partial charge on any atom is 0.320 e. The first-order chi connectivity index (χ1) is 11.5. The van der Waals surface area contributed by atoms with Gasteiger partial charge in [-0.25, -0.2) is 0 Å². The average Bonchev–Trinajstić information content (AvgIpc) is 2.50. The van der Waals surface area contributed by atoms with Crippen LogP contribution < -0.4 is 0 Å². The molecule has 0 radical (unpaired) electrons. The van der Waals surface area contributed by atoms with Gasteiger partial charge in [-0.1, -0.05) is 0 Å². The third-order valence-electron chi connectivity index (χ3n) is 3.69. The molecule has 0 aromatic rings. The quantitative estimate of drug-likeness (QED) is 0.602. The van der Waals surface area contributed by atoms with Crippen LogP contribution in [-0.2, 0) is 19.1 Å². The van der Waals surface area contributed by atoms with Crippen LogP contribution in [0.5, 0.6) is 0 Å². The Morgan fingerprint density at radius 2 is 1.08 bits per heavy atom. The van der Waals surface area contributed by atoms with Crippen molar-refractivity contribution in [3.63, 3.8) is 0 Å². The van der Waals surface area contributed by atoms with E-state index in [1.54, 1.807) is 30.6 Å². The van der Waals surface area contributed by atoms with Crippen molar-refractivity contribution >= 4 is 17.9 Å². The monoisotopic (exact) mass is 359 g/mol. The summed E-state index contributed by atoms with van der Waals surface area (Å²) in [7, 11) is 0. The molecule has 0 aromatic carbocycles.